The third-order valence-corrected chi connectivity index (χ3v) is 5.90. The SMILES string of the molecule is Cn1ccc2ccc(C(=O)N3C[C@H]4C[C@@H](C3)c3cccc(=O)n3C4)cc21. The third kappa shape index (κ3) is 2.30. The zero-order chi connectivity index (χ0) is 17.8. The second-order valence-electron chi connectivity index (χ2n) is 7.61. The molecule has 0 aliphatic carbocycles. The van der Waals surface area contributed by atoms with Crippen LogP contribution in [0.1, 0.15) is 28.4 Å². The van der Waals surface area contributed by atoms with E-state index in [4.69, 9.17) is 0 Å². The van der Waals surface area contributed by atoms with Crippen LogP contribution in [0, 0.1) is 5.92 Å². The molecular weight excluding hydrogens is 326 g/mol. The number of carbonyl (C=O) groups excluding carboxylic acids is 1. The van der Waals surface area contributed by atoms with Crippen molar-refractivity contribution in [1.29, 1.82) is 0 Å². The molecule has 0 N–H and O–H groups in total. The first kappa shape index (κ1) is 15.4. The van der Waals surface area contributed by atoms with Gasteiger partial charge in [-0.25, -0.2) is 0 Å². The van der Waals surface area contributed by atoms with Crippen molar-refractivity contribution in [2.45, 2.75) is 18.9 Å². The van der Waals surface area contributed by atoms with Crippen molar-refractivity contribution in [2.75, 3.05) is 13.1 Å². The molecule has 0 saturated carbocycles. The molecule has 1 saturated heterocycles. The van der Waals surface area contributed by atoms with Crippen LogP contribution in [0.5, 0.6) is 0 Å². The minimum absolute atomic E-state index is 0.0751. The van der Waals surface area contributed by atoms with E-state index in [-0.39, 0.29) is 17.4 Å². The number of rotatable bonds is 1. The van der Waals surface area contributed by atoms with Crippen LogP contribution in [0.15, 0.2) is 53.5 Å². The van der Waals surface area contributed by atoms with Gasteiger partial charge < -0.3 is 14.0 Å². The molecule has 2 aliphatic heterocycles. The van der Waals surface area contributed by atoms with Crippen molar-refractivity contribution < 1.29 is 4.79 Å². The summed E-state index contributed by atoms with van der Waals surface area (Å²) in [4.78, 5) is 27.3. The van der Waals surface area contributed by atoms with Crippen LogP contribution in [-0.4, -0.2) is 33.0 Å². The number of hydrogen-bond acceptors (Lipinski definition) is 2. The maximum absolute atomic E-state index is 13.1. The van der Waals surface area contributed by atoms with E-state index >= 15 is 0 Å². The first-order chi connectivity index (χ1) is 12.6. The number of aromatic nitrogens is 2. The van der Waals surface area contributed by atoms with E-state index in [1.807, 2.05) is 57.6 Å². The Hall–Kier alpha value is -2.82. The van der Waals surface area contributed by atoms with Gasteiger partial charge in [0.25, 0.3) is 11.5 Å². The quantitative estimate of drug-likeness (QED) is 0.679. The van der Waals surface area contributed by atoms with Crippen LogP contribution in [0.2, 0.25) is 0 Å². The smallest absolute Gasteiger partial charge is 0.253 e. The highest BCUT2D eigenvalue weighted by Crippen LogP contribution is 2.35. The maximum atomic E-state index is 13.1. The number of likely N-dealkylation sites (tertiary alicyclic amines) is 1. The van der Waals surface area contributed by atoms with Gasteiger partial charge in [0, 0.05) is 61.6 Å². The number of fused-ring (bicyclic) bond motifs is 5. The van der Waals surface area contributed by atoms with E-state index in [2.05, 4.69) is 6.07 Å². The summed E-state index contributed by atoms with van der Waals surface area (Å²) in [5, 5.41) is 1.15. The van der Waals surface area contributed by atoms with Crippen LogP contribution in [0.3, 0.4) is 0 Å². The van der Waals surface area contributed by atoms with Gasteiger partial charge >= 0.3 is 0 Å². The summed E-state index contributed by atoms with van der Waals surface area (Å²) >= 11 is 0. The number of nitrogens with zero attached hydrogens (tertiary/aromatic N) is 3. The summed E-state index contributed by atoms with van der Waals surface area (Å²) in [7, 11) is 2.00. The molecule has 26 heavy (non-hydrogen) atoms. The number of carbonyl (C=O) groups is 1. The molecular formula is C21H21N3O2. The Bertz CT molecular complexity index is 1080. The lowest BCUT2D eigenvalue weighted by atomic mass is 9.83. The normalized spacial score (nSPS) is 21.7. The molecule has 0 radical (unpaired) electrons. The van der Waals surface area contributed by atoms with E-state index in [1.165, 1.54) is 0 Å². The number of aryl methyl sites for hydroxylation is 1. The molecule has 2 atom stereocenters. The van der Waals surface area contributed by atoms with Gasteiger partial charge in [-0.3, -0.25) is 9.59 Å². The van der Waals surface area contributed by atoms with E-state index in [9.17, 15) is 9.59 Å². The van der Waals surface area contributed by atoms with Crippen LogP contribution < -0.4 is 5.56 Å². The average Bonchev–Trinajstić information content (AvgIpc) is 3.02. The van der Waals surface area contributed by atoms with Crippen LogP contribution in [0.4, 0.5) is 0 Å². The van der Waals surface area contributed by atoms with Crippen molar-refractivity contribution in [3.05, 3.63) is 70.3 Å². The van der Waals surface area contributed by atoms with Crippen LogP contribution >= 0.6 is 0 Å². The van der Waals surface area contributed by atoms with Crippen molar-refractivity contribution in [3.8, 4) is 0 Å². The van der Waals surface area contributed by atoms with Crippen molar-refractivity contribution in [1.82, 2.24) is 14.0 Å². The second-order valence-corrected chi connectivity index (χ2v) is 7.61. The first-order valence-corrected chi connectivity index (χ1v) is 9.14. The minimum atomic E-state index is 0.0751. The van der Waals surface area contributed by atoms with E-state index in [0.717, 1.165) is 35.1 Å². The number of pyridine rings is 1. The molecule has 2 bridgehead atoms. The van der Waals surface area contributed by atoms with Crippen molar-refractivity contribution in [3.63, 3.8) is 0 Å². The molecule has 5 nitrogen and oxygen atoms in total. The number of amides is 1. The van der Waals surface area contributed by atoms with Gasteiger partial charge in [-0.05, 0) is 42.0 Å². The molecule has 0 spiro atoms. The van der Waals surface area contributed by atoms with Gasteiger partial charge in [-0.2, -0.15) is 0 Å². The zero-order valence-electron chi connectivity index (χ0n) is 14.8. The zero-order valence-corrected chi connectivity index (χ0v) is 14.8. The summed E-state index contributed by atoms with van der Waals surface area (Å²) in [6.45, 7) is 2.12. The average molecular weight is 347 g/mol. The van der Waals surface area contributed by atoms with E-state index in [1.54, 1.807) is 6.07 Å². The molecule has 2 aliphatic rings. The monoisotopic (exact) mass is 347 g/mol. The number of hydrogen-bond donors (Lipinski definition) is 0. The predicted molar refractivity (Wildman–Crippen MR) is 100 cm³/mol. The standard InChI is InChI=1S/C21H21N3O2/c1-22-8-7-15-5-6-16(10-19(15)22)21(26)23-11-14-9-17(13-23)18-3-2-4-20(25)24(18)12-14/h2-8,10,14,17H,9,11-13H2,1H3/t14-,17+/m1/s1. The largest absolute Gasteiger partial charge is 0.351 e. The molecule has 0 unspecified atom stereocenters. The summed E-state index contributed by atoms with van der Waals surface area (Å²) in [6.07, 6.45) is 3.07. The highest BCUT2D eigenvalue weighted by atomic mass is 16.2. The molecule has 1 fully saturated rings. The summed E-state index contributed by atoms with van der Waals surface area (Å²) < 4.78 is 3.94. The maximum Gasteiger partial charge on any atom is 0.253 e. The lowest BCUT2D eigenvalue weighted by Gasteiger charge is -2.42. The van der Waals surface area contributed by atoms with E-state index in [0.29, 0.717) is 19.0 Å². The van der Waals surface area contributed by atoms with Crippen LogP contribution in [0.25, 0.3) is 10.9 Å². The fourth-order valence-electron chi connectivity index (χ4n) is 4.64. The van der Waals surface area contributed by atoms with Gasteiger partial charge in [0.15, 0.2) is 0 Å². The van der Waals surface area contributed by atoms with Gasteiger partial charge in [0.05, 0.1) is 0 Å². The summed E-state index contributed by atoms with van der Waals surface area (Å²) in [5.41, 5.74) is 2.96. The summed E-state index contributed by atoms with van der Waals surface area (Å²) in [5.74, 6) is 0.692. The van der Waals surface area contributed by atoms with Gasteiger partial charge in [-0.15, -0.1) is 0 Å². The van der Waals surface area contributed by atoms with Crippen molar-refractivity contribution in [2.24, 2.45) is 13.0 Å². The predicted octanol–water partition coefficient (Wildman–Crippen LogP) is 2.60. The summed E-state index contributed by atoms with van der Waals surface area (Å²) in [6, 6.07) is 13.5. The number of benzene rings is 1. The Balaban J connectivity index is 1.47. The molecule has 3 aromatic rings. The molecule has 5 rings (SSSR count). The fraction of sp³-hybridized carbons (Fsp3) is 0.333. The Kier molecular flexibility index (Phi) is 3.32. The topological polar surface area (TPSA) is 47.2 Å². The molecule has 1 aromatic carbocycles. The molecule has 2 aromatic heterocycles. The lowest BCUT2D eigenvalue weighted by molar-refractivity contribution is 0.0594. The minimum Gasteiger partial charge on any atom is -0.351 e. The van der Waals surface area contributed by atoms with Gasteiger partial charge in [0.1, 0.15) is 0 Å². The fourth-order valence-corrected chi connectivity index (χ4v) is 4.64. The van der Waals surface area contributed by atoms with Crippen LogP contribution in [-0.2, 0) is 13.6 Å². The molecule has 4 heterocycles. The lowest BCUT2D eigenvalue weighted by Crippen LogP contribution is -2.49. The highest BCUT2D eigenvalue weighted by Gasteiger charge is 2.36. The first-order valence-electron chi connectivity index (χ1n) is 9.14. The van der Waals surface area contributed by atoms with Gasteiger partial charge in [-0.1, -0.05) is 12.1 Å². The van der Waals surface area contributed by atoms with Crippen molar-refractivity contribution >= 4 is 16.8 Å². The Morgan fingerprint density at radius 1 is 1.08 bits per heavy atom. The Labute approximate surface area is 151 Å². The highest BCUT2D eigenvalue weighted by molar-refractivity contribution is 5.98. The van der Waals surface area contributed by atoms with Gasteiger partial charge in [0.2, 0.25) is 0 Å². The molecule has 132 valence electrons. The second kappa shape index (κ2) is 5.59. The molecule has 5 heteroatoms. The Morgan fingerprint density at radius 3 is 2.85 bits per heavy atom. The van der Waals surface area contributed by atoms with E-state index < -0.39 is 0 Å². The molecule has 1 amide bonds. The Morgan fingerprint density at radius 2 is 1.96 bits per heavy atom. The number of piperidine rings is 1. The third-order valence-electron chi connectivity index (χ3n) is 5.90.